The van der Waals surface area contributed by atoms with Crippen LogP contribution in [0.4, 0.5) is 0 Å². The van der Waals surface area contributed by atoms with Gasteiger partial charge >= 0.3 is 0 Å². The Morgan fingerprint density at radius 1 is 1.07 bits per heavy atom. The van der Waals surface area contributed by atoms with Gasteiger partial charge in [-0.05, 0) is 17.7 Å². The van der Waals surface area contributed by atoms with E-state index >= 15 is 0 Å². The minimum atomic E-state index is -3.76. The molecule has 2 N–H and O–H groups in total. The normalized spacial score (nSPS) is 16.2. The lowest BCUT2D eigenvalue weighted by Crippen LogP contribution is -2.44. The Hall–Kier alpha value is -1.97. The molecule has 7 nitrogen and oxygen atoms in total. The Bertz CT molecular complexity index is 934. The first-order valence-electron chi connectivity index (χ1n) is 9.85. The molecule has 0 saturated carbocycles. The Kier molecular flexibility index (Phi) is 8.24. The average Bonchev–Trinajstić information content (AvgIpc) is 2.75. The zero-order valence-corrected chi connectivity index (χ0v) is 18.2. The number of hydrogen-bond acceptors (Lipinski definition) is 5. The second kappa shape index (κ2) is 10.9. The highest BCUT2D eigenvalue weighted by molar-refractivity contribution is 7.89. The van der Waals surface area contributed by atoms with Crippen LogP contribution in [0.5, 0.6) is 0 Å². The predicted molar refractivity (Wildman–Crippen MR) is 116 cm³/mol. The van der Waals surface area contributed by atoms with Crippen LogP contribution in [0.25, 0.3) is 0 Å². The van der Waals surface area contributed by atoms with Crippen LogP contribution in [0.1, 0.15) is 18.0 Å². The van der Waals surface area contributed by atoms with E-state index in [0.717, 1.165) is 18.7 Å². The highest BCUT2D eigenvalue weighted by Gasteiger charge is 2.23. The van der Waals surface area contributed by atoms with Crippen LogP contribution < -0.4 is 10.0 Å². The van der Waals surface area contributed by atoms with E-state index < -0.39 is 10.0 Å². The van der Waals surface area contributed by atoms with Crippen molar-refractivity contribution in [2.45, 2.75) is 17.4 Å². The summed E-state index contributed by atoms with van der Waals surface area (Å²) < 4.78 is 32.6. The number of nitrogens with one attached hydrogen (secondary N) is 2. The van der Waals surface area contributed by atoms with Crippen molar-refractivity contribution in [1.29, 1.82) is 0 Å². The summed E-state index contributed by atoms with van der Waals surface area (Å²) in [5, 5.41) is 3.08. The van der Waals surface area contributed by atoms with Crippen LogP contribution in [0.3, 0.4) is 0 Å². The number of benzene rings is 2. The maximum Gasteiger partial charge on any atom is 0.242 e. The second-order valence-corrected chi connectivity index (χ2v) is 9.10. The van der Waals surface area contributed by atoms with E-state index in [-0.39, 0.29) is 34.8 Å². The highest BCUT2D eigenvalue weighted by atomic mass is 35.5. The van der Waals surface area contributed by atoms with Gasteiger partial charge in [0.05, 0.1) is 24.3 Å². The first kappa shape index (κ1) is 22.7. The van der Waals surface area contributed by atoms with Gasteiger partial charge in [0.25, 0.3) is 0 Å². The molecule has 0 spiro atoms. The van der Waals surface area contributed by atoms with Crippen molar-refractivity contribution in [2.75, 3.05) is 39.4 Å². The number of carbonyl (C=O) groups excluding carboxylic acids is 1. The summed E-state index contributed by atoms with van der Waals surface area (Å²) >= 11 is 5.95. The summed E-state index contributed by atoms with van der Waals surface area (Å²) in [5.41, 5.74) is 1.12. The number of morpholine rings is 1. The molecule has 2 aromatic rings. The molecule has 1 unspecified atom stereocenters. The molecular formula is C21H26ClN3O4S. The Labute approximate surface area is 182 Å². The van der Waals surface area contributed by atoms with E-state index in [0.29, 0.717) is 19.8 Å². The summed E-state index contributed by atoms with van der Waals surface area (Å²) in [6.07, 6.45) is 0.0360. The van der Waals surface area contributed by atoms with Crippen molar-refractivity contribution in [1.82, 2.24) is 14.9 Å². The summed E-state index contributed by atoms with van der Waals surface area (Å²) in [7, 11) is -3.76. The highest BCUT2D eigenvalue weighted by Crippen LogP contribution is 2.21. The number of ether oxygens (including phenoxy) is 1. The fraction of sp³-hybridized carbons (Fsp3) is 0.381. The summed E-state index contributed by atoms with van der Waals surface area (Å²) in [5.74, 6) is -0.217. The molecule has 1 aliphatic heterocycles. The third-order valence-electron chi connectivity index (χ3n) is 4.93. The number of carbonyl (C=O) groups is 1. The van der Waals surface area contributed by atoms with Crippen LogP contribution in [0.2, 0.25) is 5.02 Å². The van der Waals surface area contributed by atoms with Gasteiger partial charge in [0.2, 0.25) is 15.9 Å². The van der Waals surface area contributed by atoms with Gasteiger partial charge in [0.1, 0.15) is 4.90 Å². The van der Waals surface area contributed by atoms with Gasteiger partial charge in [-0.2, -0.15) is 0 Å². The molecule has 30 heavy (non-hydrogen) atoms. The van der Waals surface area contributed by atoms with Gasteiger partial charge < -0.3 is 10.1 Å². The Morgan fingerprint density at radius 2 is 1.73 bits per heavy atom. The van der Waals surface area contributed by atoms with Gasteiger partial charge in [-0.1, -0.05) is 54.1 Å². The van der Waals surface area contributed by atoms with Crippen molar-refractivity contribution in [3.8, 4) is 0 Å². The van der Waals surface area contributed by atoms with E-state index in [1.165, 1.54) is 12.1 Å². The topological polar surface area (TPSA) is 87.7 Å². The van der Waals surface area contributed by atoms with E-state index in [9.17, 15) is 13.2 Å². The summed E-state index contributed by atoms with van der Waals surface area (Å²) in [6.45, 7) is 3.37. The van der Waals surface area contributed by atoms with Crippen LogP contribution in [-0.4, -0.2) is 58.6 Å². The van der Waals surface area contributed by atoms with Crippen molar-refractivity contribution in [2.24, 2.45) is 0 Å². The molecule has 1 heterocycles. The Balaban J connectivity index is 1.52. The molecule has 0 bridgehead atoms. The van der Waals surface area contributed by atoms with E-state index in [1.54, 1.807) is 12.1 Å². The summed E-state index contributed by atoms with van der Waals surface area (Å²) in [6, 6.07) is 16.3. The molecule has 3 rings (SSSR count). The smallest absolute Gasteiger partial charge is 0.242 e. The predicted octanol–water partition coefficient (Wildman–Crippen LogP) is 2.20. The van der Waals surface area contributed by atoms with Crippen molar-refractivity contribution >= 4 is 27.5 Å². The monoisotopic (exact) mass is 451 g/mol. The third-order valence-corrected chi connectivity index (χ3v) is 6.89. The van der Waals surface area contributed by atoms with Crippen LogP contribution in [-0.2, 0) is 19.6 Å². The van der Waals surface area contributed by atoms with Crippen LogP contribution in [0.15, 0.2) is 59.5 Å². The lowest BCUT2D eigenvalue weighted by atomic mass is 10.0. The molecule has 1 aliphatic rings. The molecule has 1 saturated heterocycles. The number of amides is 1. The molecule has 1 amide bonds. The molecule has 2 aromatic carbocycles. The van der Waals surface area contributed by atoms with Gasteiger partial charge in [0, 0.05) is 32.6 Å². The number of hydrogen-bond donors (Lipinski definition) is 2. The number of rotatable bonds is 9. The molecule has 0 aromatic heterocycles. The van der Waals surface area contributed by atoms with Gasteiger partial charge in [-0.3, -0.25) is 9.69 Å². The van der Waals surface area contributed by atoms with E-state index in [2.05, 4.69) is 14.9 Å². The van der Waals surface area contributed by atoms with Crippen molar-refractivity contribution < 1.29 is 17.9 Å². The third kappa shape index (κ3) is 6.26. The van der Waals surface area contributed by atoms with Gasteiger partial charge in [0.15, 0.2) is 0 Å². The molecule has 162 valence electrons. The van der Waals surface area contributed by atoms with Gasteiger partial charge in [-0.15, -0.1) is 0 Å². The first-order chi connectivity index (χ1) is 14.5. The zero-order chi connectivity index (χ0) is 21.4. The van der Waals surface area contributed by atoms with Crippen molar-refractivity contribution in [3.63, 3.8) is 0 Å². The maximum absolute atomic E-state index is 12.3. The SMILES string of the molecule is O=C(CCNS(=O)(=O)c1ccccc1Cl)NCC(c1ccccc1)N1CCOCC1. The first-order valence-corrected chi connectivity index (χ1v) is 11.7. The van der Waals surface area contributed by atoms with Crippen LogP contribution in [0, 0.1) is 0 Å². The molecule has 1 atom stereocenters. The molecule has 1 fully saturated rings. The molecule has 0 aliphatic carbocycles. The number of halogens is 1. The van der Waals surface area contributed by atoms with Crippen LogP contribution >= 0.6 is 11.6 Å². The van der Waals surface area contributed by atoms with E-state index in [4.69, 9.17) is 16.3 Å². The second-order valence-electron chi connectivity index (χ2n) is 6.96. The standard InChI is InChI=1S/C21H26ClN3O4S/c22-18-8-4-5-9-20(18)30(27,28)24-11-10-21(26)23-16-19(17-6-2-1-3-7-17)25-12-14-29-15-13-25/h1-9,19,24H,10-16H2,(H,23,26). The minimum Gasteiger partial charge on any atom is -0.379 e. The number of sulfonamides is 1. The Morgan fingerprint density at radius 3 is 2.43 bits per heavy atom. The molecular weight excluding hydrogens is 426 g/mol. The lowest BCUT2D eigenvalue weighted by molar-refractivity contribution is -0.121. The average molecular weight is 452 g/mol. The number of nitrogens with zero attached hydrogens (tertiary/aromatic N) is 1. The summed E-state index contributed by atoms with van der Waals surface area (Å²) in [4.78, 5) is 14.6. The zero-order valence-electron chi connectivity index (χ0n) is 16.6. The van der Waals surface area contributed by atoms with Gasteiger partial charge in [-0.25, -0.2) is 13.1 Å². The molecule has 0 radical (unpaired) electrons. The lowest BCUT2D eigenvalue weighted by Gasteiger charge is -2.35. The fourth-order valence-electron chi connectivity index (χ4n) is 3.36. The van der Waals surface area contributed by atoms with Crippen molar-refractivity contribution in [3.05, 3.63) is 65.2 Å². The molecule has 9 heteroatoms. The fourth-order valence-corrected chi connectivity index (χ4v) is 4.91. The quantitative estimate of drug-likeness (QED) is 0.610. The van der Waals surface area contributed by atoms with E-state index in [1.807, 2.05) is 30.3 Å². The minimum absolute atomic E-state index is 0.00327. The maximum atomic E-state index is 12.3. The largest absolute Gasteiger partial charge is 0.379 e.